The molecule has 3 nitrogen and oxygen atoms in total. The highest BCUT2D eigenvalue weighted by atomic mass is 15.3. The van der Waals surface area contributed by atoms with Crippen molar-refractivity contribution in [2.75, 3.05) is 6.54 Å². The Morgan fingerprint density at radius 2 is 2.16 bits per heavy atom. The van der Waals surface area contributed by atoms with Crippen LogP contribution in [0.5, 0.6) is 0 Å². The van der Waals surface area contributed by atoms with E-state index < -0.39 is 0 Å². The first-order chi connectivity index (χ1) is 8.94. The maximum absolute atomic E-state index is 4.62. The van der Waals surface area contributed by atoms with Crippen LogP contribution in [0.15, 0.2) is 18.7 Å². The molecule has 19 heavy (non-hydrogen) atoms. The second kappa shape index (κ2) is 6.90. The van der Waals surface area contributed by atoms with Gasteiger partial charge >= 0.3 is 0 Å². The lowest BCUT2D eigenvalue weighted by molar-refractivity contribution is 0.363. The predicted octanol–water partition coefficient (Wildman–Crippen LogP) is 3.20. The highest BCUT2D eigenvalue weighted by Crippen LogP contribution is 2.24. The summed E-state index contributed by atoms with van der Waals surface area (Å²) in [5.74, 6) is 0. The van der Waals surface area contributed by atoms with Crippen LogP contribution in [0.2, 0.25) is 0 Å². The minimum absolute atomic E-state index is 0.0717. The summed E-state index contributed by atoms with van der Waals surface area (Å²) in [6.07, 6.45) is 4.05. The number of hydrogen-bond acceptors (Lipinski definition) is 2. The number of aromatic nitrogens is 2. The number of hydrogen-bond donors (Lipinski definition) is 1. The third-order valence-electron chi connectivity index (χ3n) is 3.57. The largest absolute Gasteiger partial charge is 0.314 e. The molecular weight excluding hydrogens is 234 g/mol. The van der Waals surface area contributed by atoms with Gasteiger partial charge in [0.1, 0.15) is 0 Å². The van der Waals surface area contributed by atoms with Crippen molar-refractivity contribution in [3.05, 3.63) is 30.1 Å². The minimum atomic E-state index is 0.0717. The quantitative estimate of drug-likeness (QED) is 0.730. The van der Waals surface area contributed by atoms with Gasteiger partial charge in [0.2, 0.25) is 0 Å². The molecule has 1 atom stereocenters. The van der Waals surface area contributed by atoms with Gasteiger partial charge < -0.3 is 5.32 Å². The Kier molecular flexibility index (Phi) is 5.80. The SMILES string of the molecule is C=CC(C)(CNC(C)C)Cc1cc(CC)nn1CC. The van der Waals surface area contributed by atoms with Crippen LogP contribution < -0.4 is 5.32 Å². The van der Waals surface area contributed by atoms with E-state index in [4.69, 9.17) is 0 Å². The van der Waals surface area contributed by atoms with E-state index in [-0.39, 0.29) is 5.41 Å². The fraction of sp³-hybridized carbons (Fsp3) is 0.688. The van der Waals surface area contributed by atoms with Crippen molar-refractivity contribution in [2.45, 2.75) is 60.0 Å². The maximum Gasteiger partial charge on any atom is 0.0624 e. The van der Waals surface area contributed by atoms with Crippen molar-refractivity contribution in [3.8, 4) is 0 Å². The van der Waals surface area contributed by atoms with Gasteiger partial charge in [-0.1, -0.05) is 33.8 Å². The van der Waals surface area contributed by atoms with Crippen LogP contribution in [-0.2, 0) is 19.4 Å². The van der Waals surface area contributed by atoms with E-state index in [1.807, 2.05) is 0 Å². The first-order valence-corrected chi connectivity index (χ1v) is 7.36. The summed E-state index contributed by atoms with van der Waals surface area (Å²) in [7, 11) is 0. The van der Waals surface area contributed by atoms with Crippen LogP contribution >= 0.6 is 0 Å². The van der Waals surface area contributed by atoms with E-state index in [9.17, 15) is 0 Å². The Balaban J connectivity index is 2.84. The Bertz CT molecular complexity index is 406. The predicted molar refractivity (Wildman–Crippen MR) is 82.4 cm³/mol. The summed E-state index contributed by atoms with van der Waals surface area (Å²) in [5.41, 5.74) is 2.56. The normalized spacial score (nSPS) is 14.6. The first kappa shape index (κ1) is 16.0. The fourth-order valence-electron chi connectivity index (χ4n) is 2.16. The number of rotatable bonds is 8. The summed E-state index contributed by atoms with van der Waals surface area (Å²) in [6.45, 7) is 16.8. The number of aryl methyl sites for hydroxylation is 2. The Hall–Kier alpha value is -1.09. The molecule has 0 bridgehead atoms. The van der Waals surface area contributed by atoms with Gasteiger partial charge in [-0.15, -0.1) is 6.58 Å². The molecule has 3 heteroatoms. The van der Waals surface area contributed by atoms with Crippen LogP contribution in [-0.4, -0.2) is 22.4 Å². The minimum Gasteiger partial charge on any atom is -0.314 e. The third kappa shape index (κ3) is 4.50. The standard InChI is InChI=1S/C16H29N3/c1-7-14-10-15(19(9-3)18-14)11-16(6,8-2)12-17-13(4)5/h8,10,13,17H,2,7,9,11-12H2,1,3-6H3. The van der Waals surface area contributed by atoms with Crippen molar-refractivity contribution in [1.82, 2.24) is 15.1 Å². The molecule has 0 aliphatic rings. The molecule has 1 unspecified atom stereocenters. The molecule has 1 aromatic heterocycles. The van der Waals surface area contributed by atoms with Crippen LogP contribution in [0, 0.1) is 5.41 Å². The molecule has 1 rings (SSSR count). The molecule has 1 heterocycles. The van der Waals surface area contributed by atoms with Crippen molar-refractivity contribution < 1.29 is 0 Å². The molecule has 0 aliphatic carbocycles. The Morgan fingerprint density at radius 1 is 1.47 bits per heavy atom. The van der Waals surface area contributed by atoms with E-state index in [0.717, 1.165) is 25.9 Å². The number of nitrogens with one attached hydrogen (secondary N) is 1. The van der Waals surface area contributed by atoms with E-state index >= 15 is 0 Å². The molecule has 0 saturated carbocycles. The highest BCUT2D eigenvalue weighted by Gasteiger charge is 2.23. The zero-order valence-electron chi connectivity index (χ0n) is 13.2. The topological polar surface area (TPSA) is 29.9 Å². The molecule has 1 aromatic rings. The van der Waals surface area contributed by atoms with E-state index in [0.29, 0.717) is 6.04 Å². The molecule has 0 spiro atoms. The van der Waals surface area contributed by atoms with Crippen molar-refractivity contribution in [3.63, 3.8) is 0 Å². The van der Waals surface area contributed by atoms with Gasteiger partial charge in [0.15, 0.2) is 0 Å². The van der Waals surface area contributed by atoms with E-state index in [1.165, 1.54) is 11.4 Å². The van der Waals surface area contributed by atoms with Crippen molar-refractivity contribution >= 4 is 0 Å². The zero-order valence-corrected chi connectivity index (χ0v) is 13.2. The number of nitrogens with zero attached hydrogens (tertiary/aromatic N) is 2. The molecule has 0 aliphatic heterocycles. The molecule has 0 saturated heterocycles. The fourth-order valence-corrected chi connectivity index (χ4v) is 2.16. The average Bonchev–Trinajstić information content (AvgIpc) is 2.78. The second-order valence-electron chi connectivity index (χ2n) is 5.87. The lowest BCUT2D eigenvalue weighted by atomic mass is 9.85. The van der Waals surface area contributed by atoms with Crippen LogP contribution in [0.4, 0.5) is 0 Å². The van der Waals surface area contributed by atoms with Gasteiger partial charge in [0.25, 0.3) is 0 Å². The third-order valence-corrected chi connectivity index (χ3v) is 3.57. The van der Waals surface area contributed by atoms with Crippen LogP contribution in [0.25, 0.3) is 0 Å². The van der Waals surface area contributed by atoms with Crippen LogP contribution in [0.3, 0.4) is 0 Å². The van der Waals surface area contributed by atoms with Crippen molar-refractivity contribution in [1.29, 1.82) is 0 Å². The molecule has 0 fully saturated rings. The first-order valence-electron chi connectivity index (χ1n) is 7.36. The molecule has 108 valence electrons. The van der Waals surface area contributed by atoms with Gasteiger partial charge in [0, 0.05) is 30.2 Å². The Labute approximate surface area is 118 Å². The second-order valence-corrected chi connectivity index (χ2v) is 5.87. The summed E-state index contributed by atoms with van der Waals surface area (Å²) < 4.78 is 2.12. The van der Waals surface area contributed by atoms with Gasteiger partial charge in [-0.25, -0.2) is 0 Å². The average molecular weight is 263 g/mol. The zero-order chi connectivity index (χ0) is 14.5. The molecule has 0 radical (unpaired) electrons. The van der Waals surface area contributed by atoms with Gasteiger partial charge in [-0.05, 0) is 25.8 Å². The maximum atomic E-state index is 4.62. The summed E-state index contributed by atoms with van der Waals surface area (Å²) >= 11 is 0. The van der Waals surface area contributed by atoms with E-state index in [1.54, 1.807) is 0 Å². The highest BCUT2D eigenvalue weighted by molar-refractivity contribution is 5.14. The van der Waals surface area contributed by atoms with Crippen molar-refractivity contribution in [2.24, 2.45) is 5.41 Å². The lowest BCUT2D eigenvalue weighted by Crippen LogP contribution is -2.36. The molecular formula is C16H29N3. The summed E-state index contributed by atoms with van der Waals surface area (Å²) in [5, 5.41) is 8.14. The van der Waals surface area contributed by atoms with Gasteiger partial charge in [0.05, 0.1) is 5.69 Å². The van der Waals surface area contributed by atoms with E-state index in [2.05, 4.69) is 68.4 Å². The lowest BCUT2D eigenvalue weighted by Gasteiger charge is -2.27. The summed E-state index contributed by atoms with van der Waals surface area (Å²) in [4.78, 5) is 0. The molecule has 1 N–H and O–H groups in total. The molecule has 0 amide bonds. The Morgan fingerprint density at radius 3 is 2.63 bits per heavy atom. The van der Waals surface area contributed by atoms with Gasteiger partial charge in [-0.2, -0.15) is 5.10 Å². The smallest absolute Gasteiger partial charge is 0.0624 e. The van der Waals surface area contributed by atoms with Gasteiger partial charge in [-0.3, -0.25) is 4.68 Å². The summed E-state index contributed by atoms with van der Waals surface area (Å²) in [6, 6.07) is 2.74. The molecule has 0 aromatic carbocycles. The van der Waals surface area contributed by atoms with Crippen LogP contribution in [0.1, 0.15) is 46.0 Å². The monoisotopic (exact) mass is 263 g/mol.